The number of rotatable bonds is 3. The summed E-state index contributed by atoms with van der Waals surface area (Å²) in [5, 5.41) is 20.6. The molecule has 0 aliphatic carbocycles. The fraction of sp³-hybridized carbons (Fsp3) is 0.385. The van der Waals surface area contributed by atoms with Crippen LogP contribution < -0.4 is 5.32 Å². The van der Waals surface area contributed by atoms with E-state index in [0.717, 1.165) is 0 Å². The maximum Gasteiger partial charge on any atom is 0.412 e. The van der Waals surface area contributed by atoms with Gasteiger partial charge in [-0.1, -0.05) is 17.7 Å². The average Bonchev–Trinajstić information content (AvgIpc) is 2.28. The molecule has 1 aromatic rings. The molecule has 0 heterocycles. The number of anilines is 1. The van der Waals surface area contributed by atoms with Crippen LogP contribution in [0, 0.1) is 0 Å². The smallest absolute Gasteiger partial charge is 0.412 e. The molecule has 0 aliphatic heterocycles. The van der Waals surface area contributed by atoms with Crippen molar-refractivity contribution in [2.24, 2.45) is 0 Å². The first-order valence-corrected chi connectivity index (χ1v) is 6.18. The van der Waals surface area contributed by atoms with Crippen LogP contribution in [0.4, 0.5) is 10.5 Å². The van der Waals surface area contributed by atoms with Gasteiger partial charge in [-0.05, 0) is 38.5 Å². The first kappa shape index (κ1) is 16.3. The number of halogens is 1. The second-order valence-electron chi connectivity index (χ2n) is 5.11. The van der Waals surface area contributed by atoms with E-state index in [2.05, 4.69) is 5.32 Å². The van der Waals surface area contributed by atoms with E-state index < -0.39 is 23.8 Å². The Bertz CT molecular complexity index is 524. The minimum Gasteiger partial charge on any atom is -0.479 e. The van der Waals surface area contributed by atoms with E-state index in [1.165, 1.54) is 18.2 Å². The van der Waals surface area contributed by atoms with Crippen LogP contribution in [0.25, 0.3) is 0 Å². The zero-order valence-electron chi connectivity index (χ0n) is 11.3. The van der Waals surface area contributed by atoms with E-state index >= 15 is 0 Å². The maximum atomic E-state index is 11.6. The van der Waals surface area contributed by atoms with Gasteiger partial charge in [0, 0.05) is 0 Å². The largest absolute Gasteiger partial charge is 0.479 e. The quantitative estimate of drug-likeness (QED) is 0.798. The third-order valence-electron chi connectivity index (χ3n) is 2.18. The summed E-state index contributed by atoms with van der Waals surface area (Å²) in [6.07, 6.45) is -2.34. The van der Waals surface area contributed by atoms with Crippen LogP contribution in [0.5, 0.6) is 0 Å². The summed E-state index contributed by atoms with van der Waals surface area (Å²) in [4.78, 5) is 22.2. The van der Waals surface area contributed by atoms with Crippen molar-refractivity contribution in [3.8, 4) is 0 Å². The van der Waals surface area contributed by atoms with E-state index in [4.69, 9.17) is 21.4 Å². The molecule has 20 heavy (non-hydrogen) atoms. The van der Waals surface area contributed by atoms with Crippen LogP contribution in [0.2, 0.25) is 5.02 Å². The van der Waals surface area contributed by atoms with Crippen LogP contribution in [0.15, 0.2) is 18.2 Å². The number of amides is 1. The summed E-state index contributed by atoms with van der Waals surface area (Å²) in [5.74, 6) is -1.38. The van der Waals surface area contributed by atoms with Gasteiger partial charge in [0.2, 0.25) is 0 Å². The predicted octanol–water partition coefficient (Wildman–Crippen LogP) is 2.80. The molecular formula is C13H16ClNO5. The SMILES string of the molecule is CC(C)(C)OC(=O)Nc1ccc(C(O)C(=O)O)cc1Cl. The number of carbonyl (C=O) groups is 2. The molecule has 0 saturated heterocycles. The van der Waals surface area contributed by atoms with Gasteiger partial charge in [0.1, 0.15) is 5.60 Å². The number of nitrogens with one attached hydrogen (secondary N) is 1. The first-order chi connectivity index (χ1) is 9.10. The zero-order valence-corrected chi connectivity index (χ0v) is 12.1. The Kier molecular flexibility index (Phi) is 4.97. The highest BCUT2D eigenvalue weighted by Crippen LogP contribution is 2.26. The van der Waals surface area contributed by atoms with E-state index in [9.17, 15) is 14.7 Å². The Balaban J connectivity index is 2.84. The molecule has 7 heteroatoms. The van der Waals surface area contributed by atoms with Crippen molar-refractivity contribution >= 4 is 29.4 Å². The van der Waals surface area contributed by atoms with Crippen LogP contribution in [-0.4, -0.2) is 27.9 Å². The molecule has 1 rings (SSSR count). The van der Waals surface area contributed by atoms with Crippen LogP contribution in [0.1, 0.15) is 32.4 Å². The van der Waals surface area contributed by atoms with Gasteiger partial charge in [-0.3, -0.25) is 5.32 Å². The van der Waals surface area contributed by atoms with E-state index in [1.54, 1.807) is 20.8 Å². The number of hydrogen-bond acceptors (Lipinski definition) is 4. The lowest BCUT2D eigenvalue weighted by atomic mass is 10.1. The lowest BCUT2D eigenvalue weighted by Crippen LogP contribution is -2.27. The molecule has 1 unspecified atom stereocenters. The van der Waals surface area contributed by atoms with Crippen molar-refractivity contribution in [3.63, 3.8) is 0 Å². The van der Waals surface area contributed by atoms with E-state index in [0.29, 0.717) is 0 Å². The third-order valence-corrected chi connectivity index (χ3v) is 2.49. The standard InChI is InChI=1S/C13H16ClNO5/c1-13(2,3)20-12(19)15-9-5-4-7(6-8(9)14)10(16)11(17)18/h4-6,10,16H,1-3H3,(H,15,19)(H,17,18). The molecule has 1 aromatic carbocycles. The minimum absolute atomic E-state index is 0.105. The highest BCUT2D eigenvalue weighted by Gasteiger charge is 2.19. The number of carboxylic acid groups (broad SMARTS) is 1. The van der Waals surface area contributed by atoms with Gasteiger partial charge < -0.3 is 14.9 Å². The fourth-order valence-corrected chi connectivity index (χ4v) is 1.60. The van der Waals surface area contributed by atoms with Gasteiger partial charge in [0.15, 0.2) is 6.10 Å². The minimum atomic E-state index is -1.66. The molecule has 0 saturated carbocycles. The number of aliphatic hydroxyl groups excluding tert-OH is 1. The van der Waals surface area contributed by atoms with Gasteiger partial charge in [0.25, 0.3) is 0 Å². The molecule has 6 nitrogen and oxygen atoms in total. The molecule has 0 spiro atoms. The Hall–Kier alpha value is -1.79. The van der Waals surface area contributed by atoms with Crippen molar-refractivity contribution in [1.82, 2.24) is 0 Å². The monoisotopic (exact) mass is 301 g/mol. The Morgan fingerprint density at radius 2 is 1.95 bits per heavy atom. The third kappa shape index (κ3) is 4.71. The summed E-state index contributed by atoms with van der Waals surface area (Å²) >= 11 is 5.92. The lowest BCUT2D eigenvalue weighted by Gasteiger charge is -2.20. The Labute approximate surface area is 121 Å². The van der Waals surface area contributed by atoms with Crippen molar-refractivity contribution < 1.29 is 24.5 Å². The summed E-state index contributed by atoms with van der Waals surface area (Å²) in [5.41, 5.74) is -0.254. The molecule has 1 atom stereocenters. The van der Waals surface area contributed by atoms with Crippen LogP contribution >= 0.6 is 11.6 Å². The molecule has 0 fully saturated rings. The fourth-order valence-electron chi connectivity index (χ4n) is 1.36. The van der Waals surface area contributed by atoms with E-state index in [1.807, 2.05) is 0 Å². The van der Waals surface area contributed by atoms with Crippen molar-refractivity contribution in [2.45, 2.75) is 32.5 Å². The van der Waals surface area contributed by atoms with Gasteiger partial charge in [-0.15, -0.1) is 0 Å². The topological polar surface area (TPSA) is 95.9 Å². The van der Waals surface area contributed by atoms with Crippen LogP contribution in [0.3, 0.4) is 0 Å². The van der Waals surface area contributed by atoms with Crippen molar-refractivity contribution in [2.75, 3.05) is 5.32 Å². The molecule has 1 amide bonds. The molecular weight excluding hydrogens is 286 g/mol. The number of hydrogen-bond donors (Lipinski definition) is 3. The first-order valence-electron chi connectivity index (χ1n) is 5.80. The van der Waals surface area contributed by atoms with Gasteiger partial charge in [-0.25, -0.2) is 9.59 Å². The number of benzene rings is 1. The number of carboxylic acids is 1. The lowest BCUT2D eigenvalue weighted by molar-refractivity contribution is -0.146. The summed E-state index contributed by atoms with van der Waals surface area (Å²) < 4.78 is 5.06. The number of aliphatic carboxylic acids is 1. The molecule has 3 N–H and O–H groups in total. The Morgan fingerprint density at radius 1 is 1.35 bits per heavy atom. The van der Waals surface area contributed by atoms with Gasteiger partial charge in [-0.2, -0.15) is 0 Å². The second-order valence-corrected chi connectivity index (χ2v) is 5.51. The van der Waals surface area contributed by atoms with Crippen molar-refractivity contribution in [1.29, 1.82) is 0 Å². The zero-order chi connectivity index (χ0) is 15.5. The number of aliphatic hydroxyl groups is 1. The summed E-state index contributed by atoms with van der Waals surface area (Å²) in [7, 11) is 0. The van der Waals surface area contributed by atoms with Crippen molar-refractivity contribution in [3.05, 3.63) is 28.8 Å². The number of ether oxygens (including phenoxy) is 1. The number of carbonyl (C=O) groups excluding carboxylic acids is 1. The van der Waals surface area contributed by atoms with Crippen LogP contribution in [-0.2, 0) is 9.53 Å². The highest BCUT2D eigenvalue weighted by atomic mass is 35.5. The predicted molar refractivity (Wildman–Crippen MR) is 73.9 cm³/mol. The molecule has 110 valence electrons. The summed E-state index contributed by atoms with van der Waals surface area (Å²) in [6.45, 7) is 5.17. The molecule has 0 radical (unpaired) electrons. The van der Waals surface area contributed by atoms with Gasteiger partial charge >= 0.3 is 12.1 Å². The second kappa shape index (κ2) is 6.11. The Morgan fingerprint density at radius 3 is 2.40 bits per heavy atom. The van der Waals surface area contributed by atoms with E-state index in [-0.39, 0.29) is 16.3 Å². The molecule has 0 bridgehead atoms. The maximum absolute atomic E-state index is 11.6. The molecule has 0 aliphatic rings. The normalized spacial score (nSPS) is 12.7. The average molecular weight is 302 g/mol. The summed E-state index contributed by atoms with van der Waals surface area (Å²) in [6, 6.07) is 4.03. The molecule has 0 aromatic heterocycles. The highest BCUT2D eigenvalue weighted by molar-refractivity contribution is 6.33. The van der Waals surface area contributed by atoms with Gasteiger partial charge in [0.05, 0.1) is 10.7 Å².